The Morgan fingerprint density at radius 3 is 2.72 bits per heavy atom. The molecule has 2 aliphatic rings. The third-order valence-electron chi connectivity index (χ3n) is 5.18. The number of rotatable bonds is 3. The molecule has 1 fully saturated rings. The highest BCUT2D eigenvalue weighted by Crippen LogP contribution is 2.34. The number of aryl methyl sites for hydroxylation is 1. The van der Waals surface area contributed by atoms with Crippen LogP contribution in [-0.4, -0.2) is 61.3 Å². The number of carbonyl (C=O) groups excluding carboxylic acids is 2. The Morgan fingerprint density at radius 2 is 1.97 bits per heavy atom. The number of amides is 1. The summed E-state index contributed by atoms with van der Waals surface area (Å²) in [7, 11) is 1.32. The van der Waals surface area contributed by atoms with Crippen molar-refractivity contribution in [3.8, 4) is 5.88 Å². The number of nitrogens with zero attached hydrogens (tertiary/aromatic N) is 3. The summed E-state index contributed by atoms with van der Waals surface area (Å²) in [5.74, 6) is -0.0841. The van der Waals surface area contributed by atoms with Crippen LogP contribution in [0.3, 0.4) is 0 Å². The van der Waals surface area contributed by atoms with Crippen LogP contribution in [0.4, 0.5) is 10.5 Å². The molecule has 1 aromatic heterocycles. The molecule has 1 saturated heterocycles. The van der Waals surface area contributed by atoms with E-state index in [4.69, 9.17) is 14.2 Å². The second-order valence-electron chi connectivity index (χ2n) is 7.16. The first-order valence-electron chi connectivity index (χ1n) is 9.51. The van der Waals surface area contributed by atoms with Crippen LogP contribution in [0.2, 0.25) is 0 Å². The van der Waals surface area contributed by atoms with Crippen molar-refractivity contribution in [1.82, 2.24) is 9.88 Å². The van der Waals surface area contributed by atoms with Crippen molar-refractivity contribution in [2.24, 2.45) is 0 Å². The van der Waals surface area contributed by atoms with Crippen LogP contribution in [-0.2, 0) is 16.1 Å². The number of esters is 1. The van der Waals surface area contributed by atoms with Crippen molar-refractivity contribution in [2.45, 2.75) is 19.6 Å². The van der Waals surface area contributed by atoms with E-state index in [-0.39, 0.29) is 24.4 Å². The van der Waals surface area contributed by atoms with E-state index >= 15 is 0 Å². The van der Waals surface area contributed by atoms with Crippen LogP contribution in [0.15, 0.2) is 36.4 Å². The average Bonchev–Trinajstić information content (AvgIpc) is 2.77. The standard InChI is InChI=1S/C21H23N3O5/c1-14-3-5-15(6-4-14)12-29-21(26)23-9-10-24-16(11-23)13-28-19-18(24)8-7-17(22-19)20(25)27-2/h3-8,16H,9-13H2,1-2H3/t16-/m1/s1. The lowest BCUT2D eigenvalue weighted by molar-refractivity contribution is 0.0590. The van der Waals surface area contributed by atoms with Crippen molar-refractivity contribution in [3.05, 3.63) is 53.2 Å². The predicted molar refractivity (Wildman–Crippen MR) is 105 cm³/mol. The molecule has 0 saturated carbocycles. The second-order valence-corrected chi connectivity index (χ2v) is 7.16. The number of piperazine rings is 1. The molecule has 8 heteroatoms. The number of aromatic nitrogens is 1. The number of carbonyl (C=O) groups is 2. The van der Waals surface area contributed by atoms with Crippen LogP contribution in [0.5, 0.6) is 5.88 Å². The maximum Gasteiger partial charge on any atom is 0.410 e. The number of benzene rings is 1. The van der Waals surface area contributed by atoms with E-state index in [0.717, 1.165) is 11.3 Å². The van der Waals surface area contributed by atoms with E-state index in [2.05, 4.69) is 9.88 Å². The molecule has 152 valence electrons. The van der Waals surface area contributed by atoms with E-state index in [1.807, 2.05) is 37.3 Å². The number of anilines is 1. The lowest BCUT2D eigenvalue weighted by Crippen LogP contribution is -2.58. The highest BCUT2D eigenvalue weighted by Gasteiger charge is 2.36. The molecule has 2 aliphatic heterocycles. The molecule has 0 aliphatic carbocycles. The lowest BCUT2D eigenvalue weighted by atomic mass is 10.1. The minimum absolute atomic E-state index is 0.00829. The van der Waals surface area contributed by atoms with Gasteiger partial charge in [0.25, 0.3) is 0 Å². The van der Waals surface area contributed by atoms with Crippen molar-refractivity contribution in [1.29, 1.82) is 0 Å². The largest absolute Gasteiger partial charge is 0.474 e. The topological polar surface area (TPSA) is 81.2 Å². The zero-order valence-corrected chi connectivity index (χ0v) is 16.5. The van der Waals surface area contributed by atoms with Gasteiger partial charge in [-0.2, -0.15) is 0 Å². The highest BCUT2D eigenvalue weighted by atomic mass is 16.6. The van der Waals surface area contributed by atoms with Crippen molar-refractivity contribution in [2.75, 3.05) is 38.3 Å². The van der Waals surface area contributed by atoms with Gasteiger partial charge in [-0.15, -0.1) is 0 Å². The summed E-state index contributed by atoms with van der Waals surface area (Å²) in [4.78, 5) is 32.3. The third kappa shape index (κ3) is 3.96. The van der Waals surface area contributed by atoms with Gasteiger partial charge in [0.15, 0.2) is 5.69 Å². The molecular weight excluding hydrogens is 374 g/mol. The zero-order chi connectivity index (χ0) is 20.4. The molecule has 0 N–H and O–H groups in total. The minimum Gasteiger partial charge on any atom is -0.474 e. The van der Waals surface area contributed by atoms with Crippen molar-refractivity contribution in [3.63, 3.8) is 0 Å². The Bertz CT molecular complexity index is 915. The molecule has 0 radical (unpaired) electrons. The Hall–Kier alpha value is -3.29. The third-order valence-corrected chi connectivity index (χ3v) is 5.18. The van der Waals surface area contributed by atoms with Crippen LogP contribution in [0.25, 0.3) is 0 Å². The molecule has 29 heavy (non-hydrogen) atoms. The number of pyridine rings is 1. The molecule has 8 nitrogen and oxygen atoms in total. The molecule has 2 aromatic rings. The number of hydrogen-bond donors (Lipinski definition) is 0. The van der Waals surface area contributed by atoms with Crippen LogP contribution < -0.4 is 9.64 Å². The molecule has 3 heterocycles. The van der Waals surface area contributed by atoms with Gasteiger partial charge in [0.05, 0.1) is 13.2 Å². The number of ether oxygens (including phenoxy) is 3. The molecule has 0 bridgehead atoms. The van der Waals surface area contributed by atoms with E-state index < -0.39 is 5.97 Å². The number of methoxy groups -OCH3 is 1. The maximum absolute atomic E-state index is 12.5. The lowest BCUT2D eigenvalue weighted by Gasteiger charge is -2.44. The Balaban J connectivity index is 1.38. The number of hydrogen-bond acceptors (Lipinski definition) is 7. The highest BCUT2D eigenvalue weighted by molar-refractivity contribution is 5.88. The van der Waals surface area contributed by atoms with E-state index in [1.54, 1.807) is 11.0 Å². The summed E-state index contributed by atoms with van der Waals surface area (Å²) < 4.78 is 15.9. The summed E-state index contributed by atoms with van der Waals surface area (Å²) >= 11 is 0. The van der Waals surface area contributed by atoms with Gasteiger partial charge in [-0.1, -0.05) is 29.8 Å². The molecule has 4 rings (SSSR count). The number of fused-ring (bicyclic) bond motifs is 3. The van der Waals surface area contributed by atoms with E-state index in [0.29, 0.717) is 32.1 Å². The van der Waals surface area contributed by atoms with Gasteiger partial charge in [0, 0.05) is 19.6 Å². The second kappa shape index (κ2) is 7.98. The average molecular weight is 397 g/mol. The summed E-state index contributed by atoms with van der Waals surface area (Å²) in [6.07, 6.45) is -0.324. The first-order valence-corrected chi connectivity index (χ1v) is 9.51. The van der Waals surface area contributed by atoms with Gasteiger partial charge in [-0.05, 0) is 24.6 Å². The SMILES string of the molecule is COC(=O)c1ccc2c(n1)OC[C@H]1CN(C(=O)OCc3ccc(C)cc3)CCN21. The summed E-state index contributed by atoms with van der Waals surface area (Å²) in [6, 6.07) is 11.4. The van der Waals surface area contributed by atoms with Crippen LogP contribution in [0.1, 0.15) is 21.6 Å². The summed E-state index contributed by atoms with van der Waals surface area (Å²) in [6.45, 7) is 4.34. The van der Waals surface area contributed by atoms with Gasteiger partial charge < -0.3 is 24.0 Å². The fraction of sp³-hybridized carbons (Fsp3) is 0.381. The minimum atomic E-state index is -0.500. The Labute approximate surface area is 169 Å². The van der Waals surface area contributed by atoms with Crippen LogP contribution >= 0.6 is 0 Å². The quantitative estimate of drug-likeness (QED) is 0.736. The molecule has 1 aromatic carbocycles. The van der Waals surface area contributed by atoms with Gasteiger partial charge in [-0.3, -0.25) is 0 Å². The maximum atomic E-state index is 12.5. The Morgan fingerprint density at radius 1 is 1.17 bits per heavy atom. The summed E-state index contributed by atoms with van der Waals surface area (Å²) in [5, 5.41) is 0. The smallest absolute Gasteiger partial charge is 0.410 e. The van der Waals surface area contributed by atoms with E-state index in [1.165, 1.54) is 12.7 Å². The monoisotopic (exact) mass is 397 g/mol. The van der Waals surface area contributed by atoms with Gasteiger partial charge in [-0.25, -0.2) is 14.6 Å². The zero-order valence-electron chi connectivity index (χ0n) is 16.5. The van der Waals surface area contributed by atoms with Crippen LogP contribution in [0, 0.1) is 6.92 Å². The molecular formula is C21H23N3O5. The molecule has 1 amide bonds. The molecule has 0 unspecified atom stereocenters. The van der Waals surface area contributed by atoms with E-state index in [9.17, 15) is 9.59 Å². The normalized spacial score (nSPS) is 17.7. The fourth-order valence-electron chi connectivity index (χ4n) is 3.55. The molecule has 0 spiro atoms. The van der Waals surface area contributed by atoms with Gasteiger partial charge in [0.2, 0.25) is 5.88 Å². The molecule has 1 atom stereocenters. The fourth-order valence-corrected chi connectivity index (χ4v) is 3.55. The van der Waals surface area contributed by atoms with Crippen molar-refractivity contribution < 1.29 is 23.8 Å². The summed E-state index contributed by atoms with van der Waals surface area (Å²) in [5.41, 5.74) is 3.16. The first kappa shape index (κ1) is 19.0. The predicted octanol–water partition coefficient (Wildman–Crippen LogP) is 2.40. The van der Waals surface area contributed by atoms with Gasteiger partial charge >= 0.3 is 12.1 Å². The Kier molecular flexibility index (Phi) is 5.24. The van der Waals surface area contributed by atoms with Gasteiger partial charge in [0.1, 0.15) is 18.9 Å². The van der Waals surface area contributed by atoms with Crippen molar-refractivity contribution >= 4 is 17.7 Å². The first-order chi connectivity index (χ1) is 14.0.